The van der Waals surface area contributed by atoms with E-state index in [2.05, 4.69) is 0 Å². The first-order valence-electron chi connectivity index (χ1n) is 19.7. The number of hydrogen-bond acceptors (Lipinski definition) is 11. The number of carboxylic acids is 2. The standard InChI is InChI=1S/C25H26O6.C21H20O7/c1-14(2)30-17-8-10-19-18(12-17)22(15-5-3-4-6-15)23(25(26)27)24(31-19)16-7-9-20-21(11-16)29-13-28-20;1-11(2)27-13-5-7-15-14(9-13)20(24-3)18(21(22)23)19(28-15)12-4-6-16-17(8-12)26-10-25-16/h7-12,14-15,24H,3-6,13H2,1-2H3,(H,26,27);4-9,11,19H,10H2,1-3H3,(H,22,23). The quantitative estimate of drug-likeness (QED) is 0.156. The molecule has 2 unspecified atom stereocenters. The summed E-state index contributed by atoms with van der Waals surface area (Å²) in [5, 5.41) is 20.2. The second-order valence-corrected chi connectivity index (χ2v) is 15.2. The van der Waals surface area contributed by atoms with Gasteiger partial charge >= 0.3 is 11.9 Å². The van der Waals surface area contributed by atoms with Crippen LogP contribution in [0.5, 0.6) is 46.0 Å². The van der Waals surface area contributed by atoms with Crippen LogP contribution in [0.3, 0.4) is 0 Å². The molecule has 308 valence electrons. The average molecular weight is 807 g/mol. The molecule has 0 aromatic heterocycles. The van der Waals surface area contributed by atoms with Crippen molar-refractivity contribution in [2.45, 2.75) is 77.8 Å². The summed E-state index contributed by atoms with van der Waals surface area (Å²) < 4.78 is 51.2. The van der Waals surface area contributed by atoms with Gasteiger partial charge < -0.3 is 52.8 Å². The summed E-state index contributed by atoms with van der Waals surface area (Å²) in [6.45, 7) is 8.09. The highest BCUT2D eigenvalue weighted by atomic mass is 16.7. The van der Waals surface area contributed by atoms with E-state index in [-0.39, 0.29) is 43.0 Å². The largest absolute Gasteiger partial charge is 0.495 e. The van der Waals surface area contributed by atoms with E-state index in [9.17, 15) is 19.8 Å². The molecule has 13 nitrogen and oxygen atoms in total. The van der Waals surface area contributed by atoms with Crippen LogP contribution in [0.1, 0.15) is 87.8 Å². The summed E-state index contributed by atoms with van der Waals surface area (Å²) in [4.78, 5) is 24.7. The molecule has 2 N–H and O–H groups in total. The molecular formula is C46H46O13. The molecule has 0 radical (unpaired) electrons. The van der Waals surface area contributed by atoms with Crippen molar-refractivity contribution in [1.29, 1.82) is 0 Å². The summed E-state index contributed by atoms with van der Waals surface area (Å²) in [6, 6.07) is 21.7. The minimum Gasteiger partial charge on any atom is -0.495 e. The first-order valence-corrected chi connectivity index (χ1v) is 19.7. The summed E-state index contributed by atoms with van der Waals surface area (Å²) >= 11 is 0. The molecule has 4 aromatic rings. The SMILES string of the molecule is CC(C)Oc1ccc2c(c1)C(C1CCCC1)=C(C(=O)O)C(c1ccc3c(c1)OCO3)O2.COC1=C(C(=O)O)C(c2ccc3c(c2)OCO3)Oc2ccc(OC(C)C)cc21. The van der Waals surface area contributed by atoms with E-state index in [1.807, 2.05) is 64.1 Å². The lowest BCUT2D eigenvalue weighted by Crippen LogP contribution is -2.25. The molecule has 13 heteroatoms. The number of rotatable bonds is 10. The number of benzene rings is 4. The van der Waals surface area contributed by atoms with Crippen LogP contribution >= 0.6 is 0 Å². The van der Waals surface area contributed by atoms with Gasteiger partial charge in [0.05, 0.1) is 30.5 Å². The van der Waals surface area contributed by atoms with Gasteiger partial charge in [-0.15, -0.1) is 0 Å². The van der Waals surface area contributed by atoms with Gasteiger partial charge in [-0.1, -0.05) is 25.0 Å². The Labute approximate surface area is 341 Å². The summed E-state index contributed by atoms with van der Waals surface area (Å²) in [6.07, 6.45) is 2.61. The molecule has 1 aliphatic carbocycles. The van der Waals surface area contributed by atoms with Gasteiger partial charge in [0.2, 0.25) is 13.6 Å². The molecule has 9 rings (SSSR count). The Morgan fingerprint density at radius 1 is 0.593 bits per heavy atom. The van der Waals surface area contributed by atoms with Crippen molar-refractivity contribution < 1.29 is 62.4 Å². The molecule has 4 aliphatic heterocycles. The van der Waals surface area contributed by atoms with Crippen molar-refractivity contribution in [2.24, 2.45) is 5.92 Å². The highest BCUT2D eigenvalue weighted by molar-refractivity contribution is 6.00. The minimum atomic E-state index is -1.12. The van der Waals surface area contributed by atoms with E-state index in [0.29, 0.717) is 56.9 Å². The molecular weight excluding hydrogens is 760 g/mol. The third-order valence-electron chi connectivity index (χ3n) is 10.6. The molecule has 0 spiro atoms. The zero-order valence-corrected chi connectivity index (χ0v) is 33.4. The lowest BCUT2D eigenvalue weighted by molar-refractivity contribution is -0.134. The molecule has 1 saturated carbocycles. The number of carboxylic acid groups (broad SMARTS) is 2. The smallest absolute Gasteiger partial charge is 0.339 e. The summed E-state index contributed by atoms with van der Waals surface area (Å²) in [5.41, 5.74) is 3.93. The van der Waals surface area contributed by atoms with Gasteiger partial charge in [0.25, 0.3) is 0 Å². The van der Waals surface area contributed by atoms with Crippen molar-refractivity contribution in [3.63, 3.8) is 0 Å². The van der Waals surface area contributed by atoms with Crippen molar-refractivity contribution >= 4 is 23.3 Å². The Kier molecular flexibility index (Phi) is 10.9. The van der Waals surface area contributed by atoms with E-state index in [0.717, 1.165) is 48.1 Å². The van der Waals surface area contributed by atoms with E-state index in [1.54, 1.807) is 36.4 Å². The zero-order chi connectivity index (χ0) is 41.4. The maximum Gasteiger partial charge on any atom is 0.339 e. The normalized spacial score (nSPS) is 18.7. The van der Waals surface area contributed by atoms with Crippen LogP contribution in [0.15, 0.2) is 83.9 Å². The van der Waals surface area contributed by atoms with Gasteiger partial charge in [0, 0.05) is 16.7 Å². The van der Waals surface area contributed by atoms with E-state index >= 15 is 0 Å². The van der Waals surface area contributed by atoms with Gasteiger partial charge in [0.1, 0.15) is 34.3 Å². The van der Waals surface area contributed by atoms with Crippen molar-refractivity contribution in [3.05, 3.63) is 106 Å². The first-order chi connectivity index (χ1) is 28.5. The van der Waals surface area contributed by atoms with Gasteiger partial charge in [-0.25, -0.2) is 9.59 Å². The number of allylic oxidation sites excluding steroid dienone is 1. The summed E-state index contributed by atoms with van der Waals surface area (Å²) in [5.74, 6) is 3.33. The maximum atomic E-state index is 12.6. The Bertz CT molecular complexity index is 2340. The van der Waals surface area contributed by atoms with E-state index in [1.165, 1.54) is 7.11 Å². The lowest BCUT2D eigenvalue weighted by Gasteiger charge is -2.32. The number of fused-ring (bicyclic) bond motifs is 4. The van der Waals surface area contributed by atoms with Crippen molar-refractivity contribution in [3.8, 4) is 46.0 Å². The number of methoxy groups -OCH3 is 1. The predicted molar refractivity (Wildman–Crippen MR) is 214 cm³/mol. The fraction of sp³-hybridized carbons (Fsp3) is 0.348. The maximum absolute atomic E-state index is 12.6. The van der Waals surface area contributed by atoms with Crippen LogP contribution in [0.2, 0.25) is 0 Å². The molecule has 0 amide bonds. The number of ether oxygens (including phenoxy) is 9. The van der Waals surface area contributed by atoms with E-state index in [4.69, 9.17) is 42.6 Å². The topological polar surface area (TPSA) is 158 Å². The fourth-order valence-corrected chi connectivity index (χ4v) is 8.16. The monoisotopic (exact) mass is 806 g/mol. The van der Waals surface area contributed by atoms with Crippen LogP contribution in [0, 0.1) is 5.92 Å². The Hall–Kier alpha value is -6.50. The van der Waals surface area contributed by atoms with Crippen LogP contribution < -0.4 is 37.9 Å². The highest BCUT2D eigenvalue weighted by Crippen LogP contribution is 2.51. The van der Waals surface area contributed by atoms with Crippen molar-refractivity contribution in [1.82, 2.24) is 0 Å². The molecule has 4 heterocycles. The average Bonchev–Trinajstić information content (AvgIpc) is 4.01. The molecule has 4 aromatic carbocycles. The van der Waals surface area contributed by atoms with Crippen LogP contribution in [-0.4, -0.2) is 55.1 Å². The molecule has 5 aliphatic rings. The molecule has 59 heavy (non-hydrogen) atoms. The van der Waals surface area contributed by atoms with Crippen LogP contribution in [0.4, 0.5) is 0 Å². The molecule has 0 bridgehead atoms. The van der Waals surface area contributed by atoms with Crippen LogP contribution in [0.25, 0.3) is 11.3 Å². The molecule has 2 atom stereocenters. The predicted octanol–water partition coefficient (Wildman–Crippen LogP) is 9.14. The molecule has 0 saturated heterocycles. The van der Waals surface area contributed by atoms with Gasteiger partial charge in [0.15, 0.2) is 35.2 Å². The first kappa shape index (κ1) is 39.3. The number of carbonyl (C=O) groups is 2. The zero-order valence-electron chi connectivity index (χ0n) is 33.4. The summed E-state index contributed by atoms with van der Waals surface area (Å²) in [7, 11) is 1.44. The highest BCUT2D eigenvalue weighted by Gasteiger charge is 2.40. The lowest BCUT2D eigenvalue weighted by atomic mass is 9.81. The van der Waals surface area contributed by atoms with E-state index < -0.39 is 24.1 Å². The Morgan fingerprint density at radius 3 is 1.54 bits per heavy atom. The Balaban J connectivity index is 0.000000165. The number of aliphatic carboxylic acids is 2. The minimum absolute atomic E-state index is 0.00978. The fourth-order valence-electron chi connectivity index (χ4n) is 8.16. The van der Waals surface area contributed by atoms with Crippen molar-refractivity contribution in [2.75, 3.05) is 20.7 Å². The molecule has 1 fully saturated rings. The second-order valence-electron chi connectivity index (χ2n) is 15.2. The second kappa shape index (κ2) is 16.4. The third-order valence-corrected chi connectivity index (χ3v) is 10.6. The van der Waals surface area contributed by atoms with Gasteiger partial charge in [-0.05, 0) is 113 Å². The third kappa shape index (κ3) is 7.89. The van der Waals surface area contributed by atoms with Gasteiger partial charge in [-0.2, -0.15) is 0 Å². The van der Waals surface area contributed by atoms with Crippen LogP contribution in [-0.2, 0) is 14.3 Å². The Morgan fingerprint density at radius 2 is 1.05 bits per heavy atom. The number of hydrogen-bond donors (Lipinski definition) is 2. The van der Waals surface area contributed by atoms with Gasteiger partial charge in [-0.3, -0.25) is 0 Å².